The monoisotopic (exact) mass is 308 g/mol. The van der Waals surface area contributed by atoms with Crippen LogP contribution >= 0.6 is 0 Å². The molecule has 7 heteroatoms. The average molecular weight is 308 g/mol. The predicted molar refractivity (Wildman–Crippen MR) is 75.6 cm³/mol. The fourth-order valence-corrected chi connectivity index (χ4v) is 2.40. The predicted octanol–water partition coefficient (Wildman–Crippen LogP) is -0.0808. The summed E-state index contributed by atoms with van der Waals surface area (Å²) in [5.41, 5.74) is 0.674. The van der Waals surface area contributed by atoms with Gasteiger partial charge in [0, 0.05) is 17.5 Å². The smallest absolute Gasteiger partial charge is 0.336 e. The Morgan fingerprint density at radius 2 is 1.95 bits per heavy atom. The normalized spacial score (nSPS) is 28.7. The van der Waals surface area contributed by atoms with Crippen molar-refractivity contribution in [2.24, 2.45) is 0 Å². The number of hydrogen-bond donors (Lipinski definition) is 3. The second kappa shape index (κ2) is 5.69. The van der Waals surface area contributed by atoms with Crippen LogP contribution in [0.1, 0.15) is 5.56 Å². The van der Waals surface area contributed by atoms with Crippen LogP contribution in [0.5, 0.6) is 5.75 Å². The third kappa shape index (κ3) is 2.71. The SMILES string of the molecule is Cc1cc(=O)oc2cc(O[C@H]3OC[C@@H](O)[C@H](O)C3O)ccc12. The van der Waals surface area contributed by atoms with Gasteiger partial charge in [-0.05, 0) is 24.6 Å². The number of fused-ring (bicyclic) bond motifs is 1. The van der Waals surface area contributed by atoms with Crippen LogP contribution in [-0.4, -0.2) is 46.5 Å². The first kappa shape index (κ1) is 15.0. The van der Waals surface area contributed by atoms with Crippen molar-refractivity contribution in [3.8, 4) is 5.75 Å². The van der Waals surface area contributed by atoms with Crippen molar-refractivity contribution in [3.63, 3.8) is 0 Å². The fourth-order valence-electron chi connectivity index (χ4n) is 2.40. The number of aryl methyl sites for hydroxylation is 1. The van der Waals surface area contributed by atoms with Gasteiger partial charge in [0.2, 0.25) is 6.29 Å². The van der Waals surface area contributed by atoms with E-state index in [-0.39, 0.29) is 6.61 Å². The Hall–Kier alpha value is -1.93. The van der Waals surface area contributed by atoms with E-state index in [9.17, 15) is 20.1 Å². The Kier molecular flexibility index (Phi) is 3.88. The van der Waals surface area contributed by atoms with Gasteiger partial charge in [-0.25, -0.2) is 4.79 Å². The van der Waals surface area contributed by atoms with Crippen LogP contribution in [0.4, 0.5) is 0 Å². The average Bonchev–Trinajstić information content (AvgIpc) is 2.47. The van der Waals surface area contributed by atoms with Gasteiger partial charge in [-0.2, -0.15) is 0 Å². The topological polar surface area (TPSA) is 109 Å². The van der Waals surface area contributed by atoms with E-state index in [0.29, 0.717) is 11.3 Å². The maximum Gasteiger partial charge on any atom is 0.336 e. The van der Waals surface area contributed by atoms with E-state index in [4.69, 9.17) is 13.9 Å². The molecule has 3 N–H and O–H groups in total. The van der Waals surface area contributed by atoms with Crippen molar-refractivity contribution < 1.29 is 29.2 Å². The Morgan fingerprint density at radius 3 is 2.73 bits per heavy atom. The minimum absolute atomic E-state index is 0.148. The highest BCUT2D eigenvalue weighted by atomic mass is 16.7. The van der Waals surface area contributed by atoms with Crippen LogP contribution in [0.3, 0.4) is 0 Å². The van der Waals surface area contributed by atoms with E-state index in [1.165, 1.54) is 12.1 Å². The molecule has 0 radical (unpaired) electrons. The maximum absolute atomic E-state index is 11.4. The van der Waals surface area contributed by atoms with Crippen molar-refractivity contribution in [3.05, 3.63) is 40.2 Å². The molecule has 1 aromatic carbocycles. The van der Waals surface area contributed by atoms with Crippen molar-refractivity contribution in [2.45, 2.75) is 31.5 Å². The van der Waals surface area contributed by atoms with E-state index >= 15 is 0 Å². The van der Waals surface area contributed by atoms with Crippen LogP contribution in [0.15, 0.2) is 33.5 Å². The number of aliphatic hydroxyl groups excluding tert-OH is 3. The van der Waals surface area contributed by atoms with Crippen molar-refractivity contribution in [1.82, 2.24) is 0 Å². The first-order valence-corrected chi connectivity index (χ1v) is 6.82. The molecular formula is C15H16O7. The van der Waals surface area contributed by atoms with Gasteiger partial charge in [-0.1, -0.05) is 0 Å². The molecular weight excluding hydrogens is 292 g/mol. The number of ether oxygens (including phenoxy) is 2. The van der Waals surface area contributed by atoms with Crippen LogP contribution in [-0.2, 0) is 4.74 Å². The molecule has 0 saturated carbocycles. The second-order valence-electron chi connectivity index (χ2n) is 5.27. The molecule has 22 heavy (non-hydrogen) atoms. The number of benzene rings is 1. The zero-order valence-electron chi connectivity index (χ0n) is 11.8. The lowest BCUT2D eigenvalue weighted by Gasteiger charge is -2.34. The van der Waals surface area contributed by atoms with E-state index < -0.39 is 30.2 Å². The molecule has 0 spiro atoms. The lowest BCUT2D eigenvalue weighted by atomic mass is 10.1. The summed E-state index contributed by atoms with van der Waals surface area (Å²) < 4.78 is 15.7. The third-order valence-corrected chi connectivity index (χ3v) is 3.63. The van der Waals surface area contributed by atoms with Gasteiger partial charge in [0.05, 0.1) is 6.61 Å². The minimum Gasteiger partial charge on any atom is -0.462 e. The Bertz CT molecular complexity index is 738. The highest BCUT2D eigenvalue weighted by molar-refractivity contribution is 5.81. The zero-order chi connectivity index (χ0) is 15.9. The van der Waals surface area contributed by atoms with E-state index in [2.05, 4.69) is 0 Å². The van der Waals surface area contributed by atoms with Crippen molar-refractivity contribution in [2.75, 3.05) is 6.61 Å². The Morgan fingerprint density at radius 1 is 1.18 bits per heavy atom. The quantitative estimate of drug-likeness (QED) is 0.666. The Labute approximate surface area is 125 Å². The van der Waals surface area contributed by atoms with E-state index in [1.54, 1.807) is 19.1 Å². The standard InChI is InChI=1S/C15H16O7/c1-7-4-12(17)22-11-5-8(2-3-9(7)11)21-15-14(19)13(18)10(16)6-20-15/h2-5,10,13-16,18-19H,6H2,1H3/t10-,13+,14?,15-/m1/s1. The van der Waals surface area contributed by atoms with Gasteiger partial charge >= 0.3 is 5.63 Å². The highest BCUT2D eigenvalue weighted by Gasteiger charge is 2.39. The molecule has 0 amide bonds. The molecule has 1 saturated heterocycles. The largest absolute Gasteiger partial charge is 0.462 e. The van der Waals surface area contributed by atoms with Gasteiger partial charge in [0.15, 0.2) is 0 Å². The van der Waals surface area contributed by atoms with Gasteiger partial charge in [0.25, 0.3) is 0 Å². The molecule has 1 aromatic heterocycles. The molecule has 1 fully saturated rings. The second-order valence-corrected chi connectivity index (χ2v) is 5.27. The van der Waals surface area contributed by atoms with Crippen molar-refractivity contribution in [1.29, 1.82) is 0 Å². The van der Waals surface area contributed by atoms with Crippen LogP contribution < -0.4 is 10.4 Å². The van der Waals surface area contributed by atoms with Crippen LogP contribution in [0.25, 0.3) is 11.0 Å². The summed E-state index contributed by atoms with van der Waals surface area (Å²) in [6.45, 7) is 1.65. The molecule has 1 unspecified atom stereocenters. The van der Waals surface area contributed by atoms with Gasteiger partial charge in [-0.3, -0.25) is 0 Å². The molecule has 0 aliphatic carbocycles. The highest BCUT2D eigenvalue weighted by Crippen LogP contribution is 2.25. The van der Waals surface area contributed by atoms with Crippen LogP contribution in [0, 0.1) is 6.92 Å². The molecule has 7 nitrogen and oxygen atoms in total. The van der Waals surface area contributed by atoms with Gasteiger partial charge < -0.3 is 29.2 Å². The van der Waals surface area contributed by atoms with Gasteiger partial charge in [0.1, 0.15) is 29.6 Å². The summed E-state index contributed by atoms with van der Waals surface area (Å²) in [6, 6.07) is 6.28. The van der Waals surface area contributed by atoms with Crippen molar-refractivity contribution >= 4 is 11.0 Å². The summed E-state index contributed by atoms with van der Waals surface area (Å²) in [7, 11) is 0. The van der Waals surface area contributed by atoms with E-state index in [1.807, 2.05) is 0 Å². The molecule has 118 valence electrons. The number of rotatable bonds is 2. The number of hydrogen-bond acceptors (Lipinski definition) is 7. The molecule has 0 bridgehead atoms. The molecule has 1 aliphatic rings. The summed E-state index contributed by atoms with van der Waals surface area (Å²) in [5.74, 6) is 0.314. The molecule has 2 heterocycles. The third-order valence-electron chi connectivity index (χ3n) is 3.63. The molecule has 2 aromatic rings. The maximum atomic E-state index is 11.4. The molecule has 1 aliphatic heterocycles. The fraction of sp³-hybridized carbons (Fsp3) is 0.400. The first-order valence-electron chi connectivity index (χ1n) is 6.82. The van der Waals surface area contributed by atoms with Gasteiger partial charge in [-0.15, -0.1) is 0 Å². The minimum atomic E-state index is -1.39. The lowest BCUT2D eigenvalue weighted by Crippen LogP contribution is -2.54. The summed E-state index contributed by atoms with van der Waals surface area (Å²) >= 11 is 0. The Balaban J connectivity index is 1.87. The first-order chi connectivity index (χ1) is 10.5. The number of aliphatic hydroxyl groups is 3. The van der Waals surface area contributed by atoms with E-state index in [0.717, 1.165) is 10.9 Å². The molecule has 3 rings (SSSR count). The lowest BCUT2D eigenvalue weighted by molar-refractivity contribution is -0.242. The van der Waals surface area contributed by atoms with Crippen LogP contribution in [0.2, 0.25) is 0 Å². The summed E-state index contributed by atoms with van der Waals surface area (Å²) in [5, 5.41) is 29.6. The summed E-state index contributed by atoms with van der Waals surface area (Å²) in [4.78, 5) is 11.4. The molecule has 4 atom stereocenters. The zero-order valence-corrected chi connectivity index (χ0v) is 11.8. The summed E-state index contributed by atoms with van der Waals surface area (Å²) in [6.07, 6.45) is -5.01.